The van der Waals surface area contributed by atoms with Crippen molar-refractivity contribution in [2.45, 2.75) is 32.7 Å². The minimum absolute atomic E-state index is 0.0989. The van der Waals surface area contributed by atoms with Crippen LogP contribution >= 0.6 is 15.9 Å². The number of anilines is 1. The zero-order chi connectivity index (χ0) is 24.0. The Morgan fingerprint density at radius 3 is 2.36 bits per heavy atom. The number of methoxy groups -OCH3 is 1. The molecule has 0 aliphatic carbocycles. The van der Waals surface area contributed by atoms with Gasteiger partial charge in [0.1, 0.15) is 5.75 Å². The Labute approximate surface area is 203 Å². The Morgan fingerprint density at radius 2 is 1.73 bits per heavy atom. The van der Waals surface area contributed by atoms with E-state index in [4.69, 9.17) is 4.74 Å². The summed E-state index contributed by atoms with van der Waals surface area (Å²) in [7, 11) is 1.63. The Morgan fingerprint density at radius 1 is 1.00 bits per heavy atom. The SMILES string of the molecule is COc1ccc(CN(CC(C)(C)c2ccccc2)C(=O)c2cccc(NC(C)=O)c2)cc1Br. The molecule has 0 bridgehead atoms. The van der Waals surface area contributed by atoms with E-state index < -0.39 is 0 Å². The summed E-state index contributed by atoms with van der Waals surface area (Å²) < 4.78 is 6.18. The first kappa shape index (κ1) is 24.5. The van der Waals surface area contributed by atoms with Crippen LogP contribution in [-0.2, 0) is 16.8 Å². The Bertz CT molecular complexity index is 1130. The van der Waals surface area contributed by atoms with Crippen molar-refractivity contribution in [2.75, 3.05) is 19.0 Å². The number of ether oxygens (including phenoxy) is 1. The second kappa shape index (κ2) is 10.7. The van der Waals surface area contributed by atoms with Crippen LogP contribution in [0.3, 0.4) is 0 Å². The van der Waals surface area contributed by atoms with Crippen molar-refractivity contribution in [1.29, 1.82) is 0 Å². The zero-order valence-electron chi connectivity index (χ0n) is 19.4. The number of carbonyl (C=O) groups excluding carboxylic acids is 2. The lowest BCUT2D eigenvalue weighted by Crippen LogP contribution is -2.40. The van der Waals surface area contributed by atoms with Gasteiger partial charge in [0.25, 0.3) is 5.91 Å². The summed E-state index contributed by atoms with van der Waals surface area (Å²) in [6.07, 6.45) is 0. The van der Waals surface area contributed by atoms with E-state index in [1.807, 2.05) is 41.3 Å². The molecule has 5 nitrogen and oxygen atoms in total. The van der Waals surface area contributed by atoms with E-state index in [9.17, 15) is 9.59 Å². The molecule has 0 atom stereocenters. The van der Waals surface area contributed by atoms with Gasteiger partial charge in [-0.2, -0.15) is 0 Å². The highest BCUT2D eigenvalue weighted by Gasteiger charge is 2.28. The molecule has 0 aliphatic rings. The number of nitrogens with one attached hydrogen (secondary N) is 1. The number of hydrogen-bond donors (Lipinski definition) is 1. The summed E-state index contributed by atoms with van der Waals surface area (Å²) in [5.41, 5.74) is 3.00. The standard InChI is InChI=1S/C27H29BrN2O3/c1-19(31)29-23-12-8-9-21(16-23)26(32)30(17-20-13-14-25(33-4)24(28)15-20)18-27(2,3)22-10-6-5-7-11-22/h5-16H,17-18H2,1-4H3,(H,29,31). The molecule has 0 heterocycles. The van der Waals surface area contributed by atoms with Crippen molar-refractivity contribution in [3.63, 3.8) is 0 Å². The molecule has 33 heavy (non-hydrogen) atoms. The number of nitrogens with zero attached hydrogens (tertiary/aromatic N) is 1. The maximum absolute atomic E-state index is 13.7. The predicted molar refractivity (Wildman–Crippen MR) is 136 cm³/mol. The number of amides is 2. The molecule has 3 aromatic rings. The van der Waals surface area contributed by atoms with Crippen LogP contribution in [0.5, 0.6) is 5.75 Å². The van der Waals surface area contributed by atoms with Crippen molar-refractivity contribution < 1.29 is 14.3 Å². The Hall–Kier alpha value is -3.12. The second-order valence-electron chi connectivity index (χ2n) is 8.64. The van der Waals surface area contributed by atoms with Crippen LogP contribution in [-0.4, -0.2) is 30.4 Å². The van der Waals surface area contributed by atoms with Gasteiger partial charge in [0, 0.05) is 36.7 Å². The molecule has 3 rings (SSSR count). The maximum atomic E-state index is 13.7. The molecule has 172 valence electrons. The van der Waals surface area contributed by atoms with Crippen LogP contribution in [0.25, 0.3) is 0 Å². The lowest BCUT2D eigenvalue weighted by atomic mass is 9.84. The highest BCUT2D eigenvalue weighted by atomic mass is 79.9. The monoisotopic (exact) mass is 508 g/mol. The van der Waals surface area contributed by atoms with Crippen molar-refractivity contribution in [3.8, 4) is 5.75 Å². The summed E-state index contributed by atoms with van der Waals surface area (Å²) >= 11 is 3.54. The Kier molecular flexibility index (Phi) is 7.92. The number of halogens is 1. The molecule has 3 aromatic carbocycles. The number of hydrogen-bond acceptors (Lipinski definition) is 3. The van der Waals surface area contributed by atoms with Gasteiger partial charge in [-0.1, -0.05) is 56.3 Å². The number of carbonyl (C=O) groups is 2. The van der Waals surface area contributed by atoms with Gasteiger partial charge in [0.05, 0.1) is 11.6 Å². The van der Waals surface area contributed by atoms with Gasteiger partial charge in [-0.05, 0) is 57.4 Å². The van der Waals surface area contributed by atoms with Crippen LogP contribution in [0.15, 0.2) is 77.3 Å². The summed E-state index contributed by atoms with van der Waals surface area (Å²) in [5.74, 6) is 0.465. The van der Waals surface area contributed by atoms with Crippen LogP contribution in [0.4, 0.5) is 5.69 Å². The molecule has 0 saturated heterocycles. The van der Waals surface area contributed by atoms with Crippen LogP contribution < -0.4 is 10.1 Å². The number of rotatable bonds is 8. The second-order valence-corrected chi connectivity index (χ2v) is 9.50. The number of benzene rings is 3. The van der Waals surface area contributed by atoms with E-state index in [2.05, 4.69) is 47.2 Å². The quantitative estimate of drug-likeness (QED) is 0.403. The van der Waals surface area contributed by atoms with E-state index in [1.165, 1.54) is 6.92 Å². The fourth-order valence-corrected chi connectivity index (χ4v) is 4.39. The van der Waals surface area contributed by atoms with Gasteiger partial charge in [-0.25, -0.2) is 0 Å². The van der Waals surface area contributed by atoms with Gasteiger partial charge >= 0.3 is 0 Å². The van der Waals surface area contributed by atoms with E-state index in [-0.39, 0.29) is 17.2 Å². The van der Waals surface area contributed by atoms with Crippen molar-refractivity contribution >= 4 is 33.4 Å². The molecule has 0 saturated carbocycles. The average Bonchev–Trinajstić information content (AvgIpc) is 2.78. The van der Waals surface area contributed by atoms with E-state index in [0.717, 1.165) is 21.3 Å². The molecule has 0 radical (unpaired) electrons. The van der Waals surface area contributed by atoms with Gasteiger partial charge < -0.3 is 15.0 Å². The summed E-state index contributed by atoms with van der Waals surface area (Å²) in [4.78, 5) is 27.0. The molecule has 0 unspecified atom stereocenters. The molecule has 6 heteroatoms. The topological polar surface area (TPSA) is 58.6 Å². The van der Waals surface area contributed by atoms with Crippen molar-refractivity contribution in [3.05, 3.63) is 94.0 Å². The third-order valence-corrected chi connectivity index (χ3v) is 6.07. The van der Waals surface area contributed by atoms with Gasteiger partial charge in [-0.3, -0.25) is 9.59 Å². The highest BCUT2D eigenvalue weighted by molar-refractivity contribution is 9.10. The fraction of sp³-hybridized carbons (Fsp3) is 0.259. The largest absolute Gasteiger partial charge is 0.496 e. The normalized spacial score (nSPS) is 11.1. The lowest BCUT2D eigenvalue weighted by molar-refractivity contribution is -0.114. The smallest absolute Gasteiger partial charge is 0.254 e. The van der Waals surface area contributed by atoms with Crippen LogP contribution in [0.2, 0.25) is 0 Å². The Balaban J connectivity index is 1.95. The summed E-state index contributed by atoms with van der Waals surface area (Å²) in [5, 5.41) is 2.75. The van der Waals surface area contributed by atoms with Crippen molar-refractivity contribution in [1.82, 2.24) is 4.90 Å². The van der Waals surface area contributed by atoms with Gasteiger partial charge in [-0.15, -0.1) is 0 Å². The average molecular weight is 509 g/mol. The van der Waals surface area contributed by atoms with Gasteiger partial charge in [0.2, 0.25) is 5.91 Å². The first-order valence-corrected chi connectivity index (χ1v) is 11.5. The zero-order valence-corrected chi connectivity index (χ0v) is 21.0. The maximum Gasteiger partial charge on any atom is 0.254 e. The summed E-state index contributed by atoms with van der Waals surface area (Å²) in [6, 6.07) is 23.1. The van der Waals surface area contributed by atoms with E-state index in [1.54, 1.807) is 31.4 Å². The van der Waals surface area contributed by atoms with Gasteiger partial charge in [0.15, 0.2) is 0 Å². The fourth-order valence-electron chi connectivity index (χ4n) is 3.80. The molecule has 2 amide bonds. The molecule has 0 aliphatic heterocycles. The first-order valence-electron chi connectivity index (χ1n) is 10.7. The van der Waals surface area contributed by atoms with Crippen molar-refractivity contribution in [2.24, 2.45) is 0 Å². The predicted octanol–water partition coefficient (Wildman–Crippen LogP) is 6.04. The minimum Gasteiger partial charge on any atom is -0.496 e. The minimum atomic E-state index is -0.268. The molecule has 0 fully saturated rings. The lowest BCUT2D eigenvalue weighted by Gasteiger charge is -2.33. The molecule has 0 aromatic heterocycles. The van der Waals surface area contributed by atoms with E-state index >= 15 is 0 Å². The molecular weight excluding hydrogens is 480 g/mol. The highest BCUT2D eigenvalue weighted by Crippen LogP contribution is 2.29. The third-order valence-electron chi connectivity index (χ3n) is 5.45. The molecular formula is C27H29BrN2O3. The van der Waals surface area contributed by atoms with E-state index in [0.29, 0.717) is 24.3 Å². The third kappa shape index (κ3) is 6.45. The van der Waals surface area contributed by atoms with Crippen LogP contribution in [0.1, 0.15) is 42.3 Å². The molecule has 0 spiro atoms. The van der Waals surface area contributed by atoms with Crippen LogP contribution in [0, 0.1) is 0 Å². The first-order chi connectivity index (χ1) is 15.7. The summed E-state index contributed by atoms with van der Waals surface area (Å²) in [6.45, 7) is 6.68. The molecule has 1 N–H and O–H groups in total.